The molecule has 0 radical (unpaired) electrons. The highest BCUT2D eigenvalue weighted by Gasteiger charge is 2.39. The van der Waals surface area contributed by atoms with E-state index >= 15 is 0 Å². The number of carbonyl (C=O) groups excluding carboxylic acids is 3. The van der Waals surface area contributed by atoms with Crippen LogP contribution in [0.1, 0.15) is 28.8 Å². The Morgan fingerprint density at radius 1 is 1.11 bits per heavy atom. The third-order valence-electron chi connectivity index (χ3n) is 7.15. The fraction of sp³-hybridized carbons (Fsp3) is 0.385. The highest BCUT2D eigenvalue weighted by atomic mass is 16.5. The molecule has 0 spiro atoms. The first-order chi connectivity index (χ1) is 17.6. The molecule has 6 rings (SSSR count). The number of morpholine rings is 1. The van der Waals surface area contributed by atoms with Crippen molar-refractivity contribution in [3.05, 3.63) is 53.7 Å². The number of anilines is 1. The fourth-order valence-corrected chi connectivity index (χ4v) is 5.24. The second-order valence-corrected chi connectivity index (χ2v) is 9.39. The van der Waals surface area contributed by atoms with E-state index in [0.29, 0.717) is 18.5 Å². The highest BCUT2D eigenvalue weighted by molar-refractivity contribution is 6.05. The molecular weight excluding hydrogens is 460 g/mol. The van der Waals surface area contributed by atoms with E-state index in [1.807, 2.05) is 47.0 Å². The van der Waals surface area contributed by atoms with Crippen LogP contribution in [-0.4, -0.2) is 82.3 Å². The summed E-state index contributed by atoms with van der Waals surface area (Å²) in [5.74, 6) is 0.0398. The maximum Gasteiger partial charge on any atom is 0.255 e. The van der Waals surface area contributed by atoms with Crippen molar-refractivity contribution in [3.63, 3.8) is 0 Å². The molecule has 1 unspecified atom stereocenters. The third kappa shape index (κ3) is 4.12. The van der Waals surface area contributed by atoms with E-state index in [9.17, 15) is 14.4 Å². The van der Waals surface area contributed by atoms with E-state index in [1.54, 1.807) is 4.90 Å². The Morgan fingerprint density at radius 2 is 1.97 bits per heavy atom. The van der Waals surface area contributed by atoms with Crippen LogP contribution < -0.4 is 10.6 Å². The molecule has 0 saturated carbocycles. The van der Waals surface area contributed by atoms with Gasteiger partial charge in [0, 0.05) is 56.5 Å². The summed E-state index contributed by atoms with van der Waals surface area (Å²) in [6.07, 6.45) is 2.58. The number of carbonyl (C=O) groups is 3. The van der Waals surface area contributed by atoms with Gasteiger partial charge < -0.3 is 15.0 Å². The molecule has 2 N–H and O–H groups in total. The summed E-state index contributed by atoms with van der Waals surface area (Å²) in [6, 6.07) is 11.0. The number of ether oxygens (including phenoxy) is 1. The predicted octanol–water partition coefficient (Wildman–Crippen LogP) is 1.51. The van der Waals surface area contributed by atoms with E-state index in [0.717, 1.165) is 67.7 Å². The molecule has 186 valence electrons. The first-order valence-electron chi connectivity index (χ1n) is 12.4. The summed E-state index contributed by atoms with van der Waals surface area (Å²) in [6.45, 7) is 5.41. The minimum atomic E-state index is -0.626. The molecule has 3 aliphatic heterocycles. The van der Waals surface area contributed by atoms with Crippen molar-refractivity contribution in [1.29, 1.82) is 0 Å². The average molecular weight is 489 g/mol. The van der Waals surface area contributed by atoms with Crippen LogP contribution in [0.5, 0.6) is 0 Å². The predicted molar refractivity (Wildman–Crippen MR) is 132 cm³/mol. The average Bonchev–Trinajstić information content (AvgIpc) is 3.42. The quantitative estimate of drug-likeness (QED) is 0.507. The van der Waals surface area contributed by atoms with Gasteiger partial charge in [-0.2, -0.15) is 0 Å². The fourth-order valence-electron chi connectivity index (χ4n) is 5.24. The van der Waals surface area contributed by atoms with Gasteiger partial charge in [0.1, 0.15) is 23.2 Å². The molecule has 10 heteroatoms. The van der Waals surface area contributed by atoms with E-state index in [1.165, 1.54) is 0 Å². The third-order valence-corrected chi connectivity index (χ3v) is 7.15. The Balaban J connectivity index is 1.27. The van der Waals surface area contributed by atoms with Gasteiger partial charge in [0.15, 0.2) is 0 Å². The zero-order valence-corrected chi connectivity index (χ0v) is 19.9. The van der Waals surface area contributed by atoms with Crippen LogP contribution in [0.25, 0.3) is 16.9 Å². The van der Waals surface area contributed by atoms with E-state index in [-0.39, 0.29) is 18.2 Å². The second kappa shape index (κ2) is 9.36. The number of aromatic nitrogens is 2. The SMILES string of the molecule is O=C1CCC(N2Cc3cc(-c4nc5ccccn5c4NCCN4CCOCC4)ccc3C2=O)C(=O)N1. The molecular formula is C26H28N6O4. The van der Waals surface area contributed by atoms with E-state index in [2.05, 4.69) is 15.5 Å². The molecule has 2 saturated heterocycles. The number of imidazole rings is 1. The first kappa shape index (κ1) is 22.7. The lowest BCUT2D eigenvalue weighted by Gasteiger charge is -2.29. The van der Waals surface area contributed by atoms with Crippen molar-refractivity contribution in [1.82, 2.24) is 24.5 Å². The van der Waals surface area contributed by atoms with Crippen molar-refractivity contribution in [3.8, 4) is 11.3 Å². The van der Waals surface area contributed by atoms with Gasteiger partial charge in [-0.25, -0.2) is 4.98 Å². The monoisotopic (exact) mass is 488 g/mol. The lowest BCUT2D eigenvalue weighted by atomic mass is 10.0. The largest absolute Gasteiger partial charge is 0.379 e. The van der Waals surface area contributed by atoms with Crippen LogP contribution in [-0.2, 0) is 20.9 Å². The number of nitrogens with zero attached hydrogens (tertiary/aromatic N) is 4. The minimum absolute atomic E-state index is 0.176. The number of rotatable bonds is 6. The second-order valence-electron chi connectivity index (χ2n) is 9.39. The van der Waals surface area contributed by atoms with Gasteiger partial charge in [0.2, 0.25) is 11.8 Å². The molecule has 3 aliphatic rings. The molecule has 0 aliphatic carbocycles. The number of piperidine rings is 1. The molecule has 36 heavy (non-hydrogen) atoms. The Hall–Kier alpha value is -3.76. The highest BCUT2D eigenvalue weighted by Crippen LogP contribution is 2.34. The zero-order chi connectivity index (χ0) is 24.6. The van der Waals surface area contributed by atoms with Gasteiger partial charge in [-0.3, -0.25) is 29.0 Å². The van der Waals surface area contributed by atoms with Crippen LogP contribution in [0.15, 0.2) is 42.6 Å². The topological polar surface area (TPSA) is 108 Å². The molecule has 2 aromatic heterocycles. The molecule has 5 heterocycles. The number of pyridine rings is 1. The lowest BCUT2D eigenvalue weighted by molar-refractivity contribution is -0.136. The molecule has 3 aromatic rings. The summed E-state index contributed by atoms with van der Waals surface area (Å²) in [5, 5.41) is 5.94. The van der Waals surface area contributed by atoms with Gasteiger partial charge >= 0.3 is 0 Å². The van der Waals surface area contributed by atoms with Crippen LogP contribution in [0.3, 0.4) is 0 Å². The number of fused-ring (bicyclic) bond motifs is 2. The Morgan fingerprint density at radius 3 is 2.81 bits per heavy atom. The lowest BCUT2D eigenvalue weighted by Crippen LogP contribution is -2.52. The first-order valence-corrected chi connectivity index (χ1v) is 12.4. The Kier molecular flexibility index (Phi) is 5.90. The molecule has 2 fully saturated rings. The summed E-state index contributed by atoms with van der Waals surface area (Å²) in [5.41, 5.74) is 4.01. The number of benzene rings is 1. The van der Waals surface area contributed by atoms with Crippen LogP contribution in [0.2, 0.25) is 0 Å². The maximum absolute atomic E-state index is 13.1. The number of amides is 3. The number of hydrogen-bond acceptors (Lipinski definition) is 7. The molecule has 1 atom stereocenters. The van der Waals surface area contributed by atoms with Crippen LogP contribution in [0, 0.1) is 0 Å². The van der Waals surface area contributed by atoms with Gasteiger partial charge in [0.25, 0.3) is 5.91 Å². The van der Waals surface area contributed by atoms with Gasteiger partial charge in [-0.15, -0.1) is 0 Å². The number of nitrogens with one attached hydrogen (secondary N) is 2. The molecule has 10 nitrogen and oxygen atoms in total. The zero-order valence-electron chi connectivity index (χ0n) is 19.9. The number of hydrogen-bond donors (Lipinski definition) is 2. The van der Waals surface area contributed by atoms with Gasteiger partial charge in [-0.1, -0.05) is 12.1 Å². The van der Waals surface area contributed by atoms with Gasteiger partial charge in [-0.05, 0) is 36.2 Å². The van der Waals surface area contributed by atoms with E-state index < -0.39 is 11.9 Å². The molecule has 3 amide bonds. The minimum Gasteiger partial charge on any atom is -0.379 e. The summed E-state index contributed by atoms with van der Waals surface area (Å²) >= 11 is 0. The van der Waals surface area contributed by atoms with Crippen molar-refractivity contribution >= 4 is 29.2 Å². The summed E-state index contributed by atoms with van der Waals surface area (Å²) in [4.78, 5) is 45.9. The number of imide groups is 1. The molecule has 0 bridgehead atoms. The molecule has 1 aromatic carbocycles. The van der Waals surface area contributed by atoms with Gasteiger partial charge in [0.05, 0.1) is 13.2 Å². The van der Waals surface area contributed by atoms with Crippen molar-refractivity contribution in [2.45, 2.75) is 25.4 Å². The standard InChI is InChI=1S/C26H28N6O4/c33-22-7-6-20(25(34)29-22)32-16-18-15-17(4-5-19(18)26(32)35)23-24(31-9-2-1-3-21(31)28-23)27-8-10-30-11-13-36-14-12-30/h1-5,9,15,20,27H,6-8,10-14,16H2,(H,29,33,34). The normalized spacial score (nSPS) is 20.6. The van der Waals surface area contributed by atoms with E-state index in [4.69, 9.17) is 9.72 Å². The summed E-state index contributed by atoms with van der Waals surface area (Å²) in [7, 11) is 0. The smallest absolute Gasteiger partial charge is 0.255 e. The summed E-state index contributed by atoms with van der Waals surface area (Å²) < 4.78 is 7.49. The van der Waals surface area contributed by atoms with Crippen molar-refractivity contribution < 1.29 is 19.1 Å². The maximum atomic E-state index is 13.1. The van der Waals surface area contributed by atoms with Crippen molar-refractivity contribution in [2.24, 2.45) is 0 Å². The Bertz CT molecular complexity index is 1350. The van der Waals surface area contributed by atoms with Crippen molar-refractivity contribution in [2.75, 3.05) is 44.7 Å². The van der Waals surface area contributed by atoms with Crippen LogP contribution in [0.4, 0.5) is 5.82 Å². The van der Waals surface area contributed by atoms with Crippen LogP contribution >= 0.6 is 0 Å². The Labute approximate surface area is 208 Å².